The van der Waals surface area contributed by atoms with Crippen LogP contribution in [-0.2, 0) is 27.1 Å². The van der Waals surface area contributed by atoms with Crippen LogP contribution in [0, 0.1) is 0 Å². The van der Waals surface area contributed by atoms with E-state index in [1.807, 2.05) is 0 Å². The van der Waals surface area contributed by atoms with Crippen LogP contribution < -0.4 is 26.4 Å². The molecule has 11 rings (SSSR count). The van der Waals surface area contributed by atoms with Gasteiger partial charge < -0.3 is 14.2 Å². The lowest BCUT2D eigenvalue weighted by atomic mass is 9.35. The van der Waals surface area contributed by atoms with Crippen molar-refractivity contribution in [3.63, 3.8) is 0 Å². The summed E-state index contributed by atoms with van der Waals surface area (Å²) in [6.07, 6.45) is 7.23. The van der Waals surface area contributed by atoms with Gasteiger partial charge in [0.25, 0.3) is 6.71 Å². The Balaban J connectivity index is 1.31. The SMILES string of the molecule is CC(C)(C)c1ccc(N2c3cc(-c4ccccc4)cc4c3B(c3cc(C(C)(C)C)cc5c3N4C3(C)CCCCC53C)c3oc4cc5c(cc4c32)C(C)(C)CCC5(C)C)cc1. The third-order valence-electron chi connectivity index (χ3n) is 16.6. The van der Waals surface area contributed by atoms with Gasteiger partial charge >= 0.3 is 0 Å². The second kappa shape index (κ2) is 12.0. The molecule has 1 fully saturated rings. The molecule has 5 aliphatic rings. The maximum atomic E-state index is 7.60. The molecule has 2 unspecified atom stereocenters. The van der Waals surface area contributed by atoms with Crippen molar-refractivity contribution in [2.75, 3.05) is 9.80 Å². The quantitative estimate of drug-likeness (QED) is 0.163. The minimum atomic E-state index is -0.0730. The van der Waals surface area contributed by atoms with E-state index in [0.717, 1.165) is 11.2 Å². The van der Waals surface area contributed by atoms with Crippen molar-refractivity contribution in [3.8, 4) is 11.1 Å². The summed E-state index contributed by atoms with van der Waals surface area (Å²) >= 11 is 0. The highest BCUT2D eigenvalue weighted by molar-refractivity contribution is 7.00. The summed E-state index contributed by atoms with van der Waals surface area (Å²) in [4.78, 5) is 5.48. The summed E-state index contributed by atoms with van der Waals surface area (Å²) in [6.45, 7) is 29.1. The van der Waals surface area contributed by atoms with Crippen LogP contribution in [0.1, 0.15) is 149 Å². The number of anilines is 5. The highest BCUT2D eigenvalue weighted by Gasteiger charge is 2.62. The molecule has 1 aromatic heterocycles. The van der Waals surface area contributed by atoms with Gasteiger partial charge in [-0.15, -0.1) is 0 Å². The van der Waals surface area contributed by atoms with Crippen molar-refractivity contribution >= 4 is 62.7 Å². The molecule has 0 bridgehead atoms. The van der Waals surface area contributed by atoms with E-state index in [1.165, 1.54) is 117 Å². The van der Waals surface area contributed by atoms with Crippen molar-refractivity contribution in [1.29, 1.82) is 0 Å². The first kappa shape index (κ1) is 38.2. The zero-order valence-corrected chi connectivity index (χ0v) is 38.3. The Morgan fingerprint density at radius 2 is 1.22 bits per heavy atom. The van der Waals surface area contributed by atoms with E-state index < -0.39 is 0 Å². The topological polar surface area (TPSA) is 19.6 Å². The molecule has 0 saturated heterocycles. The summed E-state index contributed by atoms with van der Waals surface area (Å²) in [6, 6.07) is 35.9. The van der Waals surface area contributed by atoms with Gasteiger partial charge in [-0.1, -0.05) is 144 Å². The molecule has 6 aromatic rings. The van der Waals surface area contributed by atoms with Crippen molar-refractivity contribution in [2.24, 2.45) is 0 Å². The molecule has 0 radical (unpaired) electrons. The number of hydrogen-bond donors (Lipinski definition) is 0. The Labute approximate surface area is 359 Å². The Morgan fingerprint density at radius 3 is 1.88 bits per heavy atom. The van der Waals surface area contributed by atoms with Crippen molar-refractivity contribution in [3.05, 3.63) is 119 Å². The van der Waals surface area contributed by atoms with Crippen LogP contribution in [0.5, 0.6) is 0 Å². The second-order valence-corrected chi connectivity index (χ2v) is 23.2. The van der Waals surface area contributed by atoms with Crippen LogP contribution in [0.4, 0.5) is 28.4 Å². The van der Waals surface area contributed by atoms with E-state index >= 15 is 0 Å². The number of furan rings is 1. The lowest BCUT2D eigenvalue weighted by molar-refractivity contribution is 0.195. The van der Waals surface area contributed by atoms with E-state index in [9.17, 15) is 0 Å². The van der Waals surface area contributed by atoms with Gasteiger partial charge in [0.1, 0.15) is 5.58 Å². The molecule has 0 N–H and O–H groups in total. The zero-order valence-electron chi connectivity index (χ0n) is 38.3. The molecule has 306 valence electrons. The average molecular weight is 791 g/mol. The molecular formula is C56H63BN2O. The number of hydrogen-bond acceptors (Lipinski definition) is 3. The van der Waals surface area contributed by atoms with E-state index in [2.05, 4.69) is 184 Å². The van der Waals surface area contributed by atoms with Gasteiger partial charge in [-0.2, -0.15) is 0 Å². The minimum absolute atomic E-state index is 0.00905. The van der Waals surface area contributed by atoms with Crippen molar-refractivity contribution in [2.45, 2.75) is 154 Å². The summed E-state index contributed by atoms with van der Waals surface area (Å²) in [7, 11) is 0. The summed E-state index contributed by atoms with van der Waals surface area (Å²) < 4.78 is 7.60. The third-order valence-corrected chi connectivity index (χ3v) is 16.6. The molecule has 3 aliphatic heterocycles. The van der Waals surface area contributed by atoms with Crippen LogP contribution in [0.15, 0.2) is 95.4 Å². The number of benzene rings is 5. The molecule has 0 amide bonds. The molecule has 5 aromatic carbocycles. The Kier molecular flexibility index (Phi) is 7.66. The highest BCUT2D eigenvalue weighted by atomic mass is 16.3. The number of rotatable bonds is 2. The van der Waals surface area contributed by atoms with E-state index in [0.29, 0.717) is 0 Å². The molecule has 60 heavy (non-hydrogen) atoms. The highest BCUT2D eigenvalue weighted by Crippen LogP contribution is 2.63. The predicted octanol–water partition coefficient (Wildman–Crippen LogP) is 13.4. The molecule has 0 spiro atoms. The first-order chi connectivity index (χ1) is 28.2. The van der Waals surface area contributed by atoms with Crippen molar-refractivity contribution in [1.82, 2.24) is 0 Å². The summed E-state index contributed by atoms with van der Waals surface area (Å²) in [5.41, 5.74) is 21.2. The fourth-order valence-corrected chi connectivity index (χ4v) is 12.5. The van der Waals surface area contributed by atoms with Crippen LogP contribution in [-0.4, -0.2) is 12.3 Å². The Hall–Kier alpha value is -4.70. The lowest BCUT2D eigenvalue weighted by Crippen LogP contribution is -2.64. The van der Waals surface area contributed by atoms with Gasteiger partial charge in [0.15, 0.2) is 0 Å². The Morgan fingerprint density at radius 1 is 0.583 bits per heavy atom. The summed E-state index contributed by atoms with van der Waals surface area (Å²) in [5.74, 6) is 0. The molecule has 1 saturated carbocycles. The molecule has 3 nitrogen and oxygen atoms in total. The van der Waals surface area contributed by atoms with Gasteiger partial charge in [-0.05, 0) is 141 Å². The van der Waals surface area contributed by atoms with Crippen LogP contribution >= 0.6 is 0 Å². The van der Waals surface area contributed by atoms with Gasteiger partial charge in [0.05, 0.1) is 16.9 Å². The van der Waals surface area contributed by atoms with Crippen LogP contribution in [0.3, 0.4) is 0 Å². The predicted molar refractivity (Wildman–Crippen MR) is 256 cm³/mol. The van der Waals surface area contributed by atoms with Crippen molar-refractivity contribution < 1.29 is 4.42 Å². The summed E-state index contributed by atoms with van der Waals surface area (Å²) in [5, 5.41) is 1.23. The fraction of sp³-hybridized carbons (Fsp3) is 0.429. The largest absolute Gasteiger partial charge is 0.468 e. The van der Waals surface area contributed by atoms with Gasteiger partial charge in [-0.25, -0.2) is 0 Å². The standard InChI is InChI=1S/C56H63BN2O/c1-51(2,3)36-20-22-38(23-21-36)58-44-28-35(34-18-14-13-15-19-34)29-45-47(44)57(50-48(58)39-32-40-41(33-46(39)60-50)54(9,10)27-26-53(40,7)8)43-31-37(52(4,5)6)30-42-49(43)59(45)56(12)25-17-16-24-55(42,56)11/h13-15,18-23,28-33H,16-17,24-27H2,1-12H3. The zero-order chi connectivity index (χ0) is 42.1. The van der Waals surface area contributed by atoms with Gasteiger partial charge in [0, 0.05) is 33.6 Å². The third kappa shape index (κ3) is 5.03. The molecular weight excluding hydrogens is 727 g/mol. The van der Waals surface area contributed by atoms with Crippen LogP contribution in [0.25, 0.3) is 22.1 Å². The number of fused-ring (bicyclic) bond motifs is 10. The fourth-order valence-electron chi connectivity index (χ4n) is 12.5. The first-order valence-corrected chi connectivity index (χ1v) is 23.0. The maximum absolute atomic E-state index is 7.60. The second-order valence-electron chi connectivity index (χ2n) is 23.2. The maximum Gasteiger partial charge on any atom is 0.297 e. The lowest BCUT2D eigenvalue weighted by Gasteiger charge is -2.52. The minimum Gasteiger partial charge on any atom is -0.468 e. The van der Waals surface area contributed by atoms with Crippen LogP contribution in [0.2, 0.25) is 0 Å². The molecule has 2 atom stereocenters. The molecule has 4 heterocycles. The van der Waals surface area contributed by atoms with E-state index in [4.69, 9.17) is 4.42 Å². The van der Waals surface area contributed by atoms with E-state index in [1.54, 1.807) is 5.56 Å². The van der Waals surface area contributed by atoms with Gasteiger partial charge in [0.2, 0.25) is 0 Å². The monoisotopic (exact) mass is 791 g/mol. The van der Waals surface area contributed by atoms with E-state index in [-0.39, 0.29) is 39.3 Å². The molecule has 2 aliphatic carbocycles. The molecule has 4 heteroatoms. The Bertz CT molecular complexity index is 2780. The smallest absolute Gasteiger partial charge is 0.297 e. The normalized spacial score (nSPS) is 23.2. The number of nitrogens with zero attached hydrogens (tertiary/aromatic N) is 2. The average Bonchev–Trinajstić information content (AvgIpc) is 3.67. The first-order valence-electron chi connectivity index (χ1n) is 23.0. The van der Waals surface area contributed by atoms with Gasteiger partial charge in [-0.3, -0.25) is 0 Å².